The van der Waals surface area contributed by atoms with Gasteiger partial charge in [0.15, 0.2) is 0 Å². The molecule has 1 aliphatic heterocycles. The van der Waals surface area contributed by atoms with Gasteiger partial charge in [0.25, 0.3) is 0 Å². The Bertz CT molecular complexity index is 412. The largest absolute Gasteiger partial charge is 0.466 e. The van der Waals surface area contributed by atoms with Crippen LogP contribution in [-0.2, 0) is 15.1 Å². The first-order valence-corrected chi connectivity index (χ1v) is 7.13. The first-order valence-electron chi connectivity index (χ1n) is 7.13. The van der Waals surface area contributed by atoms with Crippen LogP contribution in [0.3, 0.4) is 0 Å². The van der Waals surface area contributed by atoms with Gasteiger partial charge >= 0.3 is 5.97 Å². The van der Waals surface area contributed by atoms with Gasteiger partial charge in [0.2, 0.25) is 0 Å². The number of nitrogens with zero attached hydrogens (tertiary/aromatic N) is 1. The summed E-state index contributed by atoms with van der Waals surface area (Å²) < 4.78 is 5.15. The number of carbonyl (C=O) groups is 1. The Hall–Kier alpha value is -1.35. The van der Waals surface area contributed by atoms with Crippen molar-refractivity contribution in [3.63, 3.8) is 0 Å². The van der Waals surface area contributed by atoms with Crippen LogP contribution >= 0.6 is 0 Å². The molecule has 1 aromatic rings. The summed E-state index contributed by atoms with van der Waals surface area (Å²) in [6.45, 7) is 6.58. The van der Waals surface area contributed by atoms with Crippen LogP contribution in [0.25, 0.3) is 0 Å². The summed E-state index contributed by atoms with van der Waals surface area (Å²) in [5.41, 5.74) is 0.953. The number of carbonyl (C=O) groups excluding carboxylic acids is 1. The van der Waals surface area contributed by atoms with Gasteiger partial charge in [0.05, 0.1) is 18.6 Å². The number of benzene rings is 1. The normalized spacial score (nSPS) is 19.1. The van der Waals surface area contributed by atoms with Crippen LogP contribution in [0.5, 0.6) is 0 Å². The number of hydrogen-bond acceptors (Lipinski definition) is 3. The Morgan fingerprint density at radius 3 is 2.47 bits per heavy atom. The molecule has 1 heterocycles. The fourth-order valence-electron chi connectivity index (χ4n) is 2.90. The van der Waals surface area contributed by atoms with Gasteiger partial charge in [-0.2, -0.15) is 0 Å². The molecule has 1 aromatic carbocycles. The third-order valence-electron chi connectivity index (χ3n) is 3.99. The predicted octanol–water partition coefficient (Wildman–Crippen LogP) is 2.95. The highest BCUT2D eigenvalue weighted by Gasteiger charge is 2.37. The van der Waals surface area contributed by atoms with E-state index in [4.69, 9.17) is 4.74 Å². The van der Waals surface area contributed by atoms with Crippen molar-refractivity contribution in [2.45, 2.75) is 38.6 Å². The second-order valence-electron chi connectivity index (χ2n) is 5.32. The number of rotatable bonds is 5. The fraction of sp³-hybridized carbons (Fsp3) is 0.562. The van der Waals surface area contributed by atoms with Gasteiger partial charge in [0.1, 0.15) is 0 Å². The molecule has 3 heteroatoms. The van der Waals surface area contributed by atoms with Crippen molar-refractivity contribution in [3.8, 4) is 0 Å². The number of likely N-dealkylation sites (tertiary alicyclic amines) is 1. The van der Waals surface area contributed by atoms with Crippen LogP contribution in [0.4, 0.5) is 0 Å². The zero-order chi connectivity index (χ0) is 13.7. The topological polar surface area (TPSA) is 29.5 Å². The van der Waals surface area contributed by atoms with E-state index in [1.54, 1.807) is 0 Å². The molecule has 0 radical (unpaired) electrons. The van der Waals surface area contributed by atoms with Gasteiger partial charge in [-0.25, -0.2) is 0 Å². The average molecular weight is 261 g/mol. The molecule has 104 valence electrons. The lowest BCUT2D eigenvalue weighted by molar-refractivity contribution is -0.146. The first kappa shape index (κ1) is 14.1. The molecule has 1 atom stereocenters. The molecule has 1 saturated heterocycles. The molecule has 2 rings (SSSR count). The molecule has 0 saturated carbocycles. The van der Waals surface area contributed by atoms with E-state index in [1.807, 2.05) is 25.1 Å². The minimum Gasteiger partial charge on any atom is -0.466 e. The Morgan fingerprint density at radius 2 is 1.89 bits per heavy atom. The Morgan fingerprint density at radius 1 is 1.26 bits per heavy atom. The quantitative estimate of drug-likeness (QED) is 0.763. The zero-order valence-electron chi connectivity index (χ0n) is 11.9. The molecule has 1 aliphatic rings. The van der Waals surface area contributed by atoms with Crippen molar-refractivity contribution in [3.05, 3.63) is 35.9 Å². The van der Waals surface area contributed by atoms with E-state index in [0.29, 0.717) is 13.0 Å². The summed E-state index contributed by atoms with van der Waals surface area (Å²) >= 11 is 0. The maximum atomic E-state index is 11.9. The predicted molar refractivity (Wildman–Crippen MR) is 75.9 cm³/mol. The fourth-order valence-corrected chi connectivity index (χ4v) is 2.90. The maximum Gasteiger partial charge on any atom is 0.307 e. The lowest BCUT2D eigenvalue weighted by atomic mass is 9.87. The third-order valence-corrected chi connectivity index (χ3v) is 3.99. The Labute approximate surface area is 115 Å². The number of esters is 1. The van der Waals surface area contributed by atoms with E-state index < -0.39 is 0 Å². The van der Waals surface area contributed by atoms with E-state index in [-0.39, 0.29) is 11.5 Å². The summed E-state index contributed by atoms with van der Waals surface area (Å²) in [6, 6.07) is 10.3. The van der Waals surface area contributed by atoms with E-state index in [2.05, 4.69) is 24.0 Å². The van der Waals surface area contributed by atoms with Crippen LogP contribution < -0.4 is 0 Å². The zero-order valence-corrected chi connectivity index (χ0v) is 11.9. The molecular formula is C16H23NO2. The van der Waals surface area contributed by atoms with E-state index in [9.17, 15) is 4.79 Å². The molecule has 0 N–H and O–H groups in total. The summed E-state index contributed by atoms with van der Waals surface area (Å²) in [6.07, 6.45) is 2.85. The van der Waals surface area contributed by atoms with Crippen molar-refractivity contribution in [1.29, 1.82) is 0 Å². The molecule has 0 aromatic heterocycles. The van der Waals surface area contributed by atoms with Crippen LogP contribution in [0.15, 0.2) is 30.3 Å². The smallest absolute Gasteiger partial charge is 0.307 e. The van der Waals surface area contributed by atoms with Crippen molar-refractivity contribution in [2.24, 2.45) is 0 Å². The van der Waals surface area contributed by atoms with Crippen LogP contribution in [0, 0.1) is 0 Å². The standard InChI is InChI=1S/C16H23NO2/c1-3-19-15(18)13-16(2,17-11-7-8-12-17)14-9-5-4-6-10-14/h4-6,9-10H,3,7-8,11-13H2,1-2H3. The monoisotopic (exact) mass is 261 g/mol. The number of ether oxygens (including phenoxy) is 1. The van der Waals surface area contributed by atoms with Crippen LogP contribution in [0.1, 0.15) is 38.7 Å². The molecule has 3 nitrogen and oxygen atoms in total. The highest BCUT2D eigenvalue weighted by Crippen LogP contribution is 2.34. The summed E-state index contributed by atoms with van der Waals surface area (Å²) in [7, 11) is 0. The molecule has 0 bridgehead atoms. The van der Waals surface area contributed by atoms with Gasteiger partial charge in [-0.15, -0.1) is 0 Å². The van der Waals surface area contributed by atoms with E-state index in [0.717, 1.165) is 13.1 Å². The van der Waals surface area contributed by atoms with Gasteiger partial charge in [-0.1, -0.05) is 30.3 Å². The molecular weight excluding hydrogens is 238 g/mol. The van der Waals surface area contributed by atoms with Gasteiger partial charge < -0.3 is 4.74 Å². The summed E-state index contributed by atoms with van der Waals surface area (Å²) in [4.78, 5) is 14.4. The lowest BCUT2D eigenvalue weighted by Gasteiger charge is -2.38. The highest BCUT2D eigenvalue weighted by molar-refractivity contribution is 5.71. The van der Waals surface area contributed by atoms with Crippen molar-refractivity contribution >= 4 is 5.97 Å². The molecule has 0 aliphatic carbocycles. The van der Waals surface area contributed by atoms with Crippen molar-refractivity contribution < 1.29 is 9.53 Å². The minimum atomic E-state index is -0.246. The molecule has 0 amide bonds. The van der Waals surface area contributed by atoms with Gasteiger partial charge in [0, 0.05) is 0 Å². The van der Waals surface area contributed by atoms with Crippen LogP contribution in [-0.4, -0.2) is 30.6 Å². The van der Waals surface area contributed by atoms with Gasteiger partial charge in [-0.05, 0) is 45.3 Å². The van der Waals surface area contributed by atoms with Crippen molar-refractivity contribution in [2.75, 3.05) is 19.7 Å². The Balaban J connectivity index is 2.24. The average Bonchev–Trinajstić information content (AvgIpc) is 2.94. The van der Waals surface area contributed by atoms with Crippen molar-refractivity contribution in [1.82, 2.24) is 4.90 Å². The lowest BCUT2D eigenvalue weighted by Crippen LogP contribution is -2.44. The molecule has 1 fully saturated rings. The highest BCUT2D eigenvalue weighted by atomic mass is 16.5. The third kappa shape index (κ3) is 3.16. The minimum absolute atomic E-state index is 0.110. The summed E-state index contributed by atoms with van der Waals surface area (Å²) in [5, 5.41) is 0. The van der Waals surface area contributed by atoms with Crippen LogP contribution in [0.2, 0.25) is 0 Å². The molecule has 1 unspecified atom stereocenters. The maximum absolute atomic E-state index is 11.9. The first-order chi connectivity index (χ1) is 9.16. The van der Waals surface area contributed by atoms with E-state index >= 15 is 0 Å². The van der Waals surface area contributed by atoms with Gasteiger partial charge in [-0.3, -0.25) is 9.69 Å². The SMILES string of the molecule is CCOC(=O)CC(C)(c1ccccc1)N1CCCC1. The number of hydrogen-bond donors (Lipinski definition) is 0. The molecule has 0 spiro atoms. The van der Waals surface area contributed by atoms with E-state index in [1.165, 1.54) is 18.4 Å². The second-order valence-corrected chi connectivity index (χ2v) is 5.32. The molecule has 19 heavy (non-hydrogen) atoms. The summed E-state index contributed by atoms with van der Waals surface area (Å²) in [5.74, 6) is -0.110. The Kier molecular flexibility index (Phi) is 4.59. The second kappa shape index (κ2) is 6.20.